The molecule has 1 aromatic rings. The van der Waals surface area contributed by atoms with Crippen LogP contribution in [0.5, 0.6) is 0 Å². The molecule has 1 amide bonds. The number of carboxylic acids is 1. The quantitative estimate of drug-likeness (QED) is 0.928. The second-order valence-corrected chi connectivity index (χ2v) is 6.14. The fourth-order valence-electron chi connectivity index (χ4n) is 3.37. The number of nitrogens with zero attached hydrogens (tertiary/aromatic N) is 1. The molecule has 2 aliphatic heterocycles. The number of carbonyl (C=O) groups is 2. The van der Waals surface area contributed by atoms with Gasteiger partial charge in [0.2, 0.25) is 5.91 Å². The lowest BCUT2D eigenvalue weighted by molar-refractivity contribution is -0.138. The van der Waals surface area contributed by atoms with Gasteiger partial charge < -0.3 is 14.7 Å². The van der Waals surface area contributed by atoms with E-state index in [0.29, 0.717) is 12.8 Å². The van der Waals surface area contributed by atoms with E-state index in [1.54, 1.807) is 11.0 Å². The summed E-state index contributed by atoms with van der Waals surface area (Å²) in [5.41, 5.74) is 1.47. The zero-order chi connectivity index (χ0) is 15.7. The maximum Gasteiger partial charge on any atom is 0.312 e. The van der Waals surface area contributed by atoms with Crippen molar-refractivity contribution in [2.24, 2.45) is 0 Å². The molecular weight excluding hydrogens is 282 g/mol. The Bertz CT molecular complexity index is 586. The van der Waals surface area contributed by atoms with Crippen LogP contribution in [0.15, 0.2) is 24.3 Å². The number of carboxylic acid groups (broad SMARTS) is 1. The molecule has 3 unspecified atom stereocenters. The Kier molecular flexibility index (Phi) is 4.16. The summed E-state index contributed by atoms with van der Waals surface area (Å²) in [6.07, 6.45) is 3.60. The van der Waals surface area contributed by atoms with E-state index in [2.05, 4.69) is 6.92 Å². The van der Waals surface area contributed by atoms with Crippen molar-refractivity contribution in [1.82, 2.24) is 0 Å². The van der Waals surface area contributed by atoms with Crippen molar-refractivity contribution in [2.75, 3.05) is 11.4 Å². The topological polar surface area (TPSA) is 66.8 Å². The Morgan fingerprint density at radius 2 is 2.09 bits per heavy atom. The molecule has 0 bridgehead atoms. The van der Waals surface area contributed by atoms with Crippen molar-refractivity contribution >= 4 is 17.6 Å². The summed E-state index contributed by atoms with van der Waals surface area (Å²) in [6.45, 7) is 2.28. The van der Waals surface area contributed by atoms with Gasteiger partial charge in [0, 0.05) is 18.7 Å². The van der Waals surface area contributed by atoms with Crippen LogP contribution in [-0.4, -0.2) is 35.7 Å². The molecule has 118 valence electrons. The molecule has 1 saturated heterocycles. The molecular formula is C17H21NO4. The number of carbonyl (C=O) groups excluding carboxylic acids is 1. The van der Waals surface area contributed by atoms with E-state index in [-0.39, 0.29) is 24.7 Å². The molecule has 2 aliphatic rings. The van der Waals surface area contributed by atoms with Crippen LogP contribution in [-0.2, 0) is 14.3 Å². The fraction of sp³-hybridized carbons (Fsp3) is 0.529. The Morgan fingerprint density at radius 3 is 2.77 bits per heavy atom. The summed E-state index contributed by atoms with van der Waals surface area (Å²) in [6, 6.07) is 7.27. The van der Waals surface area contributed by atoms with E-state index in [4.69, 9.17) is 4.74 Å². The highest BCUT2D eigenvalue weighted by Gasteiger charge is 2.36. The van der Waals surface area contributed by atoms with Crippen molar-refractivity contribution in [3.05, 3.63) is 29.8 Å². The molecule has 0 aromatic heterocycles. The summed E-state index contributed by atoms with van der Waals surface area (Å²) in [4.78, 5) is 25.5. The smallest absolute Gasteiger partial charge is 0.312 e. The first-order valence-electron chi connectivity index (χ1n) is 7.84. The first kappa shape index (κ1) is 15.0. The number of hydrogen-bond acceptors (Lipinski definition) is 3. The average Bonchev–Trinajstić information content (AvgIpc) is 3.08. The van der Waals surface area contributed by atoms with Gasteiger partial charge in [0.1, 0.15) is 5.92 Å². The number of ether oxygens (including phenoxy) is 1. The molecule has 1 aromatic carbocycles. The highest BCUT2D eigenvalue weighted by Crippen LogP contribution is 2.37. The molecule has 5 nitrogen and oxygen atoms in total. The lowest BCUT2D eigenvalue weighted by atomic mass is 10.0. The van der Waals surface area contributed by atoms with Crippen LogP contribution in [0.25, 0.3) is 0 Å². The van der Waals surface area contributed by atoms with E-state index in [9.17, 15) is 14.7 Å². The Balaban J connectivity index is 1.67. The summed E-state index contributed by atoms with van der Waals surface area (Å²) in [5.74, 6) is -1.52. The molecule has 3 atom stereocenters. The lowest BCUT2D eigenvalue weighted by Crippen LogP contribution is -2.31. The standard InChI is InChI=1S/C17H21NO4/c1-11-6-7-12(22-11)8-9-16(19)18-10-14(17(20)21)13-4-2-3-5-15(13)18/h2-5,11-12,14H,6-10H2,1H3,(H,20,21). The van der Waals surface area contributed by atoms with E-state index in [1.807, 2.05) is 18.2 Å². The van der Waals surface area contributed by atoms with Crippen molar-refractivity contribution in [3.8, 4) is 0 Å². The largest absolute Gasteiger partial charge is 0.481 e. The molecule has 1 N–H and O–H groups in total. The number of fused-ring (bicyclic) bond motifs is 1. The molecule has 2 heterocycles. The summed E-state index contributed by atoms with van der Waals surface area (Å²) in [5, 5.41) is 9.33. The zero-order valence-corrected chi connectivity index (χ0v) is 12.7. The van der Waals surface area contributed by atoms with Gasteiger partial charge in [-0.15, -0.1) is 0 Å². The predicted molar refractivity (Wildman–Crippen MR) is 82.0 cm³/mol. The van der Waals surface area contributed by atoms with Crippen LogP contribution in [0, 0.1) is 0 Å². The Morgan fingerprint density at radius 1 is 1.32 bits per heavy atom. The Hall–Kier alpha value is -1.88. The number of benzene rings is 1. The van der Waals surface area contributed by atoms with Crippen molar-refractivity contribution in [3.63, 3.8) is 0 Å². The average molecular weight is 303 g/mol. The van der Waals surface area contributed by atoms with Gasteiger partial charge in [-0.3, -0.25) is 9.59 Å². The number of anilines is 1. The minimum Gasteiger partial charge on any atom is -0.481 e. The highest BCUT2D eigenvalue weighted by atomic mass is 16.5. The molecule has 5 heteroatoms. The Labute approximate surface area is 129 Å². The van der Waals surface area contributed by atoms with E-state index < -0.39 is 11.9 Å². The molecule has 22 heavy (non-hydrogen) atoms. The predicted octanol–water partition coefficient (Wildman–Crippen LogP) is 2.55. The fourth-order valence-corrected chi connectivity index (χ4v) is 3.37. The van der Waals surface area contributed by atoms with Crippen LogP contribution < -0.4 is 4.90 Å². The van der Waals surface area contributed by atoms with Crippen molar-refractivity contribution in [1.29, 1.82) is 0 Å². The monoisotopic (exact) mass is 303 g/mol. The lowest BCUT2D eigenvalue weighted by Gasteiger charge is -2.18. The molecule has 0 radical (unpaired) electrons. The van der Waals surface area contributed by atoms with Gasteiger partial charge in [-0.2, -0.15) is 0 Å². The minimum absolute atomic E-state index is 0.0145. The van der Waals surface area contributed by atoms with Gasteiger partial charge >= 0.3 is 5.97 Å². The third-order valence-corrected chi connectivity index (χ3v) is 4.57. The molecule has 0 aliphatic carbocycles. The molecule has 0 saturated carbocycles. The number of hydrogen-bond donors (Lipinski definition) is 1. The van der Waals surface area contributed by atoms with Crippen molar-refractivity contribution in [2.45, 2.75) is 50.7 Å². The van der Waals surface area contributed by atoms with E-state index >= 15 is 0 Å². The maximum atomic E-state index is 12.5. The number of rotatable bonds is 4. The van der Waals surface area contributed by atoms with E-state index in [1.165, 1.54) is 0 Å². The molecule has 3 rings (SSSR count). The summed E-state index contributed by atoms with van der Waals surface area (Å²) in [7, 11) is 0. The summed E-state index contributed by atoms with van der Waals surface area (Å²) >= 11 is 0. The first-order chi connectivity index (χ1) is 10.6. The van der Waals surface area contributed by atoms with Crippen LogP contribution in [0.4, 0.5) is 5.69 Å². The second-order valence-electron chi connectivity index (χ2n) is 6.14. The third kappa shape index (κ3) is 2.86. The first-order valence-corrected chi connectivity index (χ1v) is 7.84. The number of para-hydroxylation sites is 1. The van der Waals surface area contributed by atoms with Gasteiger partial charge in [-0.1, -0.05) is 18.2 Å². The van der Waals surface area contributed by atoms with Crippen LogP contribution in [0.2, 0.25) is 0 Å². The van der Waals surface area contributed by atoms with Gasteiger partial charge in [-0.25, -0.2) is 0 Å². The van der Waals surface area contributed by atoms with Gasteiger partial charge in [0.05, 0.1) is 12.2 Å². The van der Waals surface area contributed by atoms with Crippen molar-refractivity contribution < 1.29 is 19.4 Å². The number of amides is 1. The van der Waals surface area contributed by atoms with Crippen LogP contribution >= 0.6 is 0 Å². The number of aliphatic carboxylic acids is 1. The molecule has 1 fully saturated rings. The van der Waals surface area contributed by atoms with Gasteiger partial charge in [0.25, 0.3) is 0 Å². The third-order valence-electron chi connectivity index (χ3n) is 4.57. The van der Waals surface area contributed by atoms with Crippen LogP contribution in [0.3, 0.4) is 0 Å². The molecule has 0 spiro atoms. The maximum absolute atomic E-state index is 12.5. The van der Waals surface area contributed by atoms with E-state index in [0.717, 1.165) is 24.1 Å². The van der Waals surface area contributed by atoms with Gasteiger partial charge in [0.15, 0.2) is 0 Å². The minimum atomic E-state index is -0.879. The van der Waals surface area contributed by atoms with Gasteiger partial charge in [-0.05, 0) is 37.8 Å². The SMILES string of the molecule is CC1CCC(CCC(=O)N2CC(C(=O)O)c3ccccc32)O1. The normalized spacial score (nSPS) is 27.0. The van der Waals surface area contributed by atoms with Crippen LogP contribution in [0.1, 0.15) is 44.1 Å². The second kappa shape index (κ2) is 6.08. The highest BCUT2D eigenvalue weighted by molar-refractivity contribution is 5.98. The summed E-state index contributed by atoms with van der Waals surface area (Å²) < 4.78 is 5.74. The zero-order valence-electron chi connectivity index (χ0n) is 12.7.